The molecule has 0 N–H and O–H groups in total. The monoisotopic (exact) mass is 306 g/mol. The third-order valence-electron chi connectivity index (χ3n) is 3.15. The number of aromatic nitrogens is 2. The fourth-order valence-electron chi connectivity index (χ4n) is 2.14. The minimum absolute atomic E-state index is 0.00189. The van der Waals surface area contributed by atoms with Crippen molar-refractivity contribution in [1.29, 1.82) is 0 Å². The van der Waals surface area contributed by atoms with Crippen molar-refractivity contribution in [3.8, 4) is 0 Å². The lowest BCUT2D eigenvalue weighted by atomic mass is 10.3. The summed E-state index contributed by atoms with van der Waals surface area (Å²) >= 11 is 3.17. The van der Waals surface area contributed by atoms with E-state index in [2.05, 4.69) is 4.98 Å². The summed E-state index contributed by atoms with van der Waals surface area (Å²) in [5.41, 5.74) is -0.00189. The van der Waals surface area contributed by atoms with Crippen LogP contribution in [0.5, 0.6) is 0 Å². The first kappa shape index (κ1) is 13.5. The molecule has 3 aromatic rings. The fourth-order valence-corrected chi connectivity index (χ4v) is 3.78. The molecule has 0 fully saturated rings. The van der Waals surface area contributed by atoms with E-state index in [0.717, 1.165) is 14.6 Å². The Kier molecular flexibility index (Phi) is 3.69. The smallest absolute Gasteiger partial charge is 0.262 e. The quantitative estimate of drug-likeness (QED) is 0.743. The summed E-state index contributed by atoms with van der Waals surface area (Å²) < 4.78 is 7.12. The number of aryl methyl sites for hydroxylation is 1. The minimum Gasteiger partial charge on any atom is -0.374 e. The van der Waals surface area contributed by atoms with Crippen molar-refractivity contribution in [3.05, 3.63) is 50.0 Å². The van der Waals surface area contributed by atoms with E-state index in [0.29, 0.717) is 11.9 Å². The summed E-state index contributed by atoms with van der Waals surface area (Å²) in [6.45, 7) is 2.47. The van der Waals surface area contributed by atoms with Gasteiger partial charge in [-0.2, -0.15) is 0 Å². The lowest BCUT2D eigenvalue weighted by molar-refractivity contribution is 0.0897. The predicted molar refractivity (Wildman–Crippen MR) is 82.7 cm³/mol. The molecular weight excluding hydrogens is 292 g/mol. The average molecular weight is 306 g/mol. The Morgan fingerprint density at radius 3 is 3.05 bits per heavy atom. The van der Waals surface area contributed by atoms with Crippen molar-refractivity contribution < 1.29 is 4.74 Å². The maximum absolute atomic E-state index is 12.4. The van der Waals surface area contributed by atoms with Crippen LogP contribution in [0.4, 0.5) is 0 Å². The van der Waals surface area contributed by atoms with Gasteiger partial charge < -0.3 is 4.74 Å². The lowest BCUT2D eigenvalue weighted by Crippen LogP contribution is -2.23. The van der Waals surface area contributed by atoms with E-state index in [-0.39, 0.29) is 11.7 Å². The summed E-state index contributed by atoms with van der Waals surface area (Å²) in [5, 5.41) is 2.70. The van der Waals surface area contributed by atoms with Gasteiger partial charge in [-0.15, -0.1) is 22.7 Å². The molecule has 0 aliphatic rings. The summed E-state index contributed by atoms with van der Waals surface area (Å²) in [4.78, 5) is 19.8. The second kappa shape index (κ2) is 5.47. The van der Waals surface area contributed by atoms with Gasteiger partial charge in [-0.05, 0) is 24.4 Å². The van der Waals surface area contributed by atoms with Gasteiger partial charge in [-0.1, -0.05) is 6.07 Å². The van der Waals surface area contributed by atoms with E-state index >= 15 is 0 Å². The lowest BCUT2D eigenvalue weighted by Gasteiger charge is -2.14. The summed E-state index contributed by atoms with van der Waals surface area (Å²) in [6.07, 6.45) is 1.49. The Morgan fingerprint density at radius 1 is 1.50 bits per heavy atom. The summed E-state index contributed by atoms with van der Waals surface area (Å²) in [7, 11) is 1.66. The number of fused-ring (bicyclic) bond motifs is 1. The van der Waals surface area contributed by atoms with Crippen LogP contribution in [-0.2, 0) is 11.3 Å². The topological polar surface area (TPSA) is 44.1 Å². The molecule has 20 heavy (non-hydrogen) atoms. The van der Waals surface area contributed by atoms with E-state index in [9.17, 15) is 4.79 Å². The Labute approximate surface area is 124 Å². The molecule has 0 aromatic carbocycles. The maximum atomic E-state index is 12.4. The SMILES string of the molecule is CO[C@@H](Cn1cnc2sc(C)cc2c1=O)c1cccs1. The Morgan fingerprint density at radius 2 is 2.35 bits per heavy atom. The average Bonchev–Trinajstić information content (AvgIpc) is 3.07. The highest BCUT2D eigenvalue weighted by molar-refractivity contribution is 7.18. The van der Waals surface area contributed by atoms with Gasteiger partial charge in [0.05, 0.1) is 18.3 Å². The number of hydrogen-bond acceptors (Lipinski definition) is 5. The van der Waals surface area contributed by atoms with E-state index < -0.39 is 0 Å². The van der Waals surface area contributed by atoms with Crippen molar-refractivity contribution in [3.63, 3.8) is 0 Å². The molecule has 3 heterocycles. The number of nitrogens with zero attached hydrogens (tertiary/aromatic N) is 2. The van der Waals surface area contributed by atoms with Crippen LogP contribution in [0.2, 0.25) is 0 Å². The molecule has 6 heteroatoms. The number of rotatable bonds is 4. The van der Waals surface area contributed by atoms with Crippen molar-refractivity contribution in [2.75, 3.05) is 7.11 Å². The van der Waals surface area contributed by atoms with Crippen molar-refractivity contribution in [1.82, 2.24) is 9.55 Å². The second-order valence-corrected chi connectivity index (χ2v) is 6.73. The van der Waals surface area contributed by atoms with Crippen LogP contribution >= 0.6 is 22.7 Å². The Bertz CT molecular complexity index is 774. The molecule has 0 saturated heterocycles. The minimum atomic E-state index is -0.119. The third-order valence-corrected chi connectivity index (χ3v) is 5.07. The van der Waals surface area contributed by atoms with Crippen LogP contribution in [0.25, 0.3) is 10.2 Å². The fraction of sp³-hybridized carbons (Fsp3) is 0.286. The van der Waals surface area contributed by atoms with Crippen LogP contribution in [0.1, 0.15) is 15.9 Å². The van der Waals surface area contributed by atoms with Crippen LogP contribution in [-0.4, -0.2) is 16.7 Å². The van der Waals surface area contributed by atoms with Crippen LogP contribution in [0.15, 0.2) is 34.7 Å². The van der Waals surface area contributed by atoms with Crippen LogP contribution < -0.4 is 5.56 Å². The van der Waals surface area contributed by atoms with Gasteiger partial charge in [0.15, 0.2) is 0 Å². The van der Waals surface area contributed by atoms with Gasteiger partial charge in [-0.25, -0.2) is 4.98 Å². The van der Waals surface area contributed by atoms with E-state index in [1.807, 2.05) is 30.5 Å². The number of thiophene rings is 2. The number of hydrogen-bond donors (Lipinski definition) is 0. The molecule has 0 bridgehead atoms. The molecule has 1 atom stereocenters. The van der Waals surface area contributed by atoms with E-state index in [4.69, 9.17) is 4.74 Å². The molecule has 104 valence electrons. The van der Waals surface area contributed by atoms with Crippen LogP contribution in [0.3, 0.4) is 0 Å². The van der Waals surface area contributed by atoms with Gasteiger partial charge in [0.2, 0.25) is 0 Å². The number of ether oxygens (including phenoxy) is 1. The molecule has 0 radical (unpaired) electrons. The first-order chi connectivity index (χ1) is 9.69. The zero-order valence-corrected chi connectivity index (χ0v) is 12.8. The molecule has 4 nitrogen and oxygen atoms in total. The van der Waals surface area contributed by atoms with Gasteiger partial charge in [0.25, 0.3) is 5.56 Å². The molecule has 0 aliphatic carbocycles. The normalized spacial score (nSPS) is 12.9. The van der Waals surface area contributed by atoms with E-state index in [1.54, 1.807) is 40.7 Å². The highest BCUT2D eigenvalue weighted by atomic mass is 32.1. The predicted octanol–water partition coefficient (Wildman–Crippen LogP) is 3.22. The largest absolute Gasteiger partial charge is 0.374 e. The summed E-state index contributed by atoms with van der Waals surface area (Å²) in [5.74, 6) is 0. The first-order valence-corrected chi connectivity index (χ1v) is 7.90. The third kappa shape index (κ3) is 2.42. The van der Waals surface area contributed by atoms with Gasteiger partial charge in [0, 0.05) is 16.9 Å². The summed E-state index contributed by atoms with van der Waals surface area (Å²) in [6, 6.07) is 5.90. The van der Waals surface area contributed by atoms with Gasteiger partial charge in [-0.3, -0.25) is 9.36 Å². The highest BCUT2D eigenvalue weighted by Crippen LogP contribution is 2.24. The van der Waals surface area contributed by atoms with Crippen molar-refractivity contribution in [2.45, 2.75) is 19.6 Å². The van der Waals surface area contributed by atoms with Gasteiger partial charge >= 0.3 is 0 Å². The first-order valence-electron chi connectivity index (χ1n) is 6.21. The standard InChI is InChI=1S/C14H14N2O2S2/c1-9-6-10-13(20-9)15-8-16(14(10)17)7-11(18-2)12-4-3-5-19-12/h3-6,8,11H,7H2,1-2H3/t11-/m0/s1. The zero-order valence-electron chi connectivity index (χ0n) is 11.2. The van der Waals surface area contributed by atoms with E-state index in [1.165, 1.54) is 0 Å². The Hall–Kier alpha value is -1.50. The highest BCUT2D eigenvalue weighted by Gasteiger charge is 2.15. The maximum Gasteiger partial charge on any atom is 0.262 e. The van der Waals surface area contributed by atoms with Gasteiger partial charge in [0.1, 0.15) is 10.9 Å². The number of methoxy groups -OCH3 is 1. The second-order valence-electron chi connectivity index (χ2n) is 4.52. The molecule has 0 amide bonds. The molecule has 0 saturated carbocycles. The molecule has 0 spiro atoms. The molecule has 0 aliphatic heterocycles. The molecule has 3 aromatic heterocycles. The molecule has 0 unspecified atom stereocenters. The zero-order chi connectivity index (χ0) is 14.1. The van der Waals surface area contributed by atoms with Crippen molar-refractivity contribution >= 4 is 32.9 Å². The van der Waals surface area contributed by atoms with Crippen molar-refractivity contribution in [2.24, 2.45) is 0 Å². The van der Waals surface area contributed by atoms with Crippen LogP contribution in [0, 0.1) is 6.92 Å². The Balaban J connectivity index is 1.98. The molecule has 3 rings (SSSR count). The molecular formula is C14H14N2O2S2.